The molecule has 1 aromatic carbocycles. The molecule has 0 spiro atoms. The number of nitrogens with two attached hydrogens (primary N) is 1. The van der Waals surface area contributed by atoms with Gasteiger partial charge in [-0.15, -0.1) is 0 Å². The van der Waals surface area contributed by atoms with E-state index in [4.69, 9.17) is 10.5 Å². The number of nitrogens with zero attached hydrogens (tertiary/aromatic N) is 1. The lowest BCUT2D eigenvalue weighted by molar-refractivity contribution is 0.279. The molecule has 1 unspecified atom stereocenters. The average Bonchev–Trinajstić information content (AvgIpc) is 2.34. The minimum Gasteiger partial charge on any atom is -0.496 e. The van der Waals surface area contributed by atoms with Gasteiger partial charge in [0.15, 0.2) is 0 Å². The standard InChI is InChI=1S/C15H26N2O/c1-11-12(2)15(18-5)9-8-13(11)14(17(3)4)7-6-10-16/h8-9,14H,6-7,10,16H2,1-5H3. The first-order valence-corrected chi connectivity index (χ1v) is 6.53. The van der Waals surface area contributed by atoms with Gasteiger partial charge >= 0.3 is 0 Å². The number of benzene rings is 1. The Kier molecular flexibility index (Phi) is 5.63. The highest BCUT2D eigenvalue weighted by Crippen LogP contribution is 2.31. The Bertz CT molecular complexity index is 388. The van der Waals surface area contributed by atoms with Crippen molar-refractivity contribution in [1.29, 1.82) is 0 Å². The van der Waals surface area contributed by atoms with Crippen molar-refractivity contribution in [1.82, 2.24) is 4.90 Å². The predicted molar refractivity (Wildman–Crippen MR) is 77.2 cm³/mol. The SMILES string of the molecule is COc1ccc(C(CCCN)N(C)C)c(C)c1C. The van der Waals surface area contributed by atoms with E-state index < -0.39 is 0 Å². The molecular formula is C15H26N2O. The second-order valence-electron chi connectivity index (χ2n) is 5.02. The van der Waals surface area contributed by atoms with Crippen molar-refractivity contribution in [2.24, 2.45) is 5.73 Å². The van der Waals surface area contributed by atoms with Gasteiger partial charge in [0.2, 0.25) is 0 Å². The van der Waals surface area contributed by atoms with Gasteiger partial charge in [-0.2, -0.15) is 0 Å². The molecule has 3 heteroatoms. The van der Waals surface area contributed by atoms with Crippen molar-refractivity contribution in [3.63, 3.8) is 0 Å². The summed E-state index contributed by atoms with van der Waals surface area (Å²) in [5, 5.41) is 0. The maximum atomic E-state index is 5.63. The molecule has 0 saturated heterocycles. The van der Waals surface area contributed by atoms with Gasteiger partial charge in [0.25, 0.3) is 0 Å². The second-order valence-corrected chi connectivity index (χ2v) is 5.02. The zero-order valence-electron chi connectivity index (χ0n) is 12.3. The summed E-state index contributed by atoms with van der Waals surface area (Å²) < 4.78 is 5.37. The largest absolute Gasteiger partial charge is 0.496 e. The highest BCUT2D eigenvalue weighted by atomic mass is 16.5. The highest BCUT2D eigenvalue weighted by molar-refractivity contribution is 5.44. The van der Waals surface area contributed by atoms with Crippen LogP contribution in [0.2, 0.25) is 0 Å². The van der Waals surface area contributed by atoms with Crippen molar-refractivity contribution < 1.29 is 4.74 Å². The topological polar surface area (TPSA) is 38.5 Å². The van der Waals surface area contributed by atoms with Crippen molar-refractivity contribution in [3.05, 3.63) is 28.8 Å². The smallest absolute Gasteiger partial charge is 0.122 e. The Hall–Kier alpha value is -1.06. The van der Waals surface area contributed by atoms with Crippen molar-refractivity contribution in [3.8, 4) is 5.75 Å². The molecule has 1 rings (SSSR count). The Labute approximate surface area is 111 Å². The summed E-state index contributed by atoms with van der Waals surface area (Å²) in [5.74, 6) is 0.965. The van der Waals surface area contributed by atoms with Crippen LogP contribution in [0, 0.1) is 13.8 Å². The fourth-order valence-corrected chi connectivity index (χ4v) is 2.40. The summed E-state index contributed by atoms with van der Waals surface area (Å²) in [6, 6.07) is 4.68. The van der Waals surface area contributed by atoms with Crippen LogP contribution < -0.4 is 10.5 Å². The van der Waals surface area contributed by atoms with Gasteiger partial charge in [0.1, 0.15) is 5.75 Å². The summed E-state index contributed by atoms with van der Waals surface area (Å²) in [6.07, 6.45) is 2.14. The monoisotopic (exact) mass is 250 g/mol. The lowest BCUT2D eigenvalue weighted by Gasteiger charge is -2.27. The van der Waals surface area contributed by atoms with Gasteiger partial charge in [0, 0.05) is 6.04 Å². The van der Waals surface area contributed by atoms with E-state index in [0.29, 0.717) is 6.04 Å². The molecule has 0 amide bonds. The molecule has 1 aromatic rings. The van der Waals surface area contributed by atoms with Crippen LogP contribution in [0.15, 0.2) is 12.1 Å². The number of hydrogen-bond donors (Lipinski definition) is 1. The van der Waals surface area contributed by atoms with E-state index in [2.05, 4.69) is 45.0 Å². The van der Waals surface area contributed by atoms with E-state index in [1.54, 1.807) is 7.11 Å². The third kappa shape index (κ3) is 3.24. The van der Waals surface area contributed by atoms with Gasteiger partial charge < -0.3 is 15.4 Å². The van der Waals surface area contributed by atoms with Crippen molar-refractivity contribution >= 4 is 0 Å². The minimum absolute atomic E-state index is 0.429. The summed E-state index contributed by atoms with van der Waals surface area (Å²) in [4.78, 5) is 2.27. The Morgan fingerprint density at radius 1 is 1.22 bits per heavy atom. The average molecular weight is 250 g/mol. The van der Waals surface area contributed by atoms with Crippen LogP contribution in [0.4, 0.5) is 0 Å². The molecule has 0 aromatic heterocycles. The Balaban J connectivity index is 3.09. The molecule has 0 bridgehead atoms. The first kappa shape index (κ1) is 15.0. The Morgan fingerprint density at radius 2 is 1.89 bits per heavy atom. The molecule has 102 valence electrons. The molecule has 0 aliphatic carbocycles. The molecule has 0 heterocycles. The minimum atomic E-state index is 0.429. The first-order chi connectivity index (χ1) is 8.52. The molecule has 1 atom stereocenters. The molecule has 0 fully saturated rings. The number of methoxy groups -OCH3 is 1. The van der Waals surface area contributed by atoms with E-state index >= 15 is 0 Å². The summed E-state index contributed by atoms with van der Waals surface area (Å²) in [7, 11) is 5.97. The van der Waals surface area contributed by atoms with Crippen LogP contribution in [-0.4, -0.2) is 32.6 Å². The predicted octanol–water partition coefficient (Wildman–Crippen LogP) is 2.65. The Morgan fingerprint density at radius 3 is 2.39 bits per heavy atom. The third-order valence-corrected chi connectivity index (χ3v) is 3.66. The molecule has 0 aliphatic rings. The van der Waals surface area contributed by atoms with E-state index in [1.165, 1.54) is 16.7 Å². The van der Waals surface area contributed by atoms with Crippen LogP contribution in [0.5, 0.6) is 5.75 Å². The van der Waals surface area contributed by atoms with E-state index in [1.807, 2.05) is 0 Å². The molecular weight excluding hydrogens is 224 g/mol. The molecule has 2 N–H and O–H groups in total. The second kappa shape index (κ2) is 6.76. The van der Waals surface area contributed by atoms with Crippen LogP contribution >= 0.6 is 0 Å². The first-order valence-electron chi connectivity index (χ1n) is 6.53. The van der Waals surface area contributed by atoms with Crippen molar-refractivity contribution in [2.45, 2.75) is 32.7 Å². The van der Waals surface area contributed by atoms with Gasteiger partial charge in [-0.05, 0) is 70.1 Å². The van der Waals surface area contributed by atoms with Crippen LogP contribution in [0.3, 0.4) is 0 Å². The third-order valence-electron chi connectivity index (χ3n) is 3.66. The fraction of sp³-hybridized carbons (Fsp3) is 0.600. The van der Waals surface area contributed by atoms with E-state index in [9.17, 15) is 0 Å². The molecule has 18 heavy (non-hydrogen) atoms. The van der Waals surface area contributed by atoms with Crippen LogP contribution in [-0.2, 0) is 0 Å². The van der Waals surface area contributed by atoms with E-state index in [0.717, 1.165) is 25.1 Å². The van der Waals surface area contributed by atoms with Gasteiger partial charge in [-0.1, -0.05) is 6.07 Å². The van der Waals surface area contributed by atoms with Gasteiger partial charge in [-0.3, -0.25) is 0 Å². The maximum Gasteiger partial charge on any atom is 0.122 e. The number of hydrogen-bond acceptors (Lipinski definition) is 3. The molecule has 0 radical (unpaired) electrons. The molecule has 0 aliphatic heterocycles. The van der Waals surface area contributed by atoms with Crippen LogP contribution in [0.25, 0.3) is 0 Å². The quantitative estimate of drug-likeness (QED) is 0.843. The zero-order valence-corrected chi connectivity index (χ0v) is 12.3. The fourth-order valence-electron chi connectivity index (χ4n) is 2.40. The van der Waals surface area contributed by atoms with Gasteiger partial charge in [-0.25, -0.2) is 0 Å². The summed E-state index contributed by atoms with van der Waals surface area (Å²) >= 11 is 0. The maximum absolute atomic E-state index is 5.63. The number of ether oxygens (including phenoxy) is 1. The molecule has 3 nitrogen and oxygen atoms in total. The normalized spacial score (nSPS) is 12.8. The van der Waals surface area contributed by atoms with E-state index in [-0.39, 0.29) is 0 Å². The number of rotatable bonds is 6. The van der Waals surface area contributed by atoms with Crippen molar-refractivity contribution in [2.75, 3.05) is 27.7 Å². The lowest BCUT2D eigenvalue weighted by Crippen LogP contribution is -2.22. The summed E-state index contributed by atoms with van der Waals surface area (Å²) in [6.45, 7) is 5.04. The molecule has 0 saturated carbocycles. The zero-order chi connectivity index (χ0) is 13.7. The van der Waals surface area contributed by atoms with Gasteiger partial charge in [0.05, 0.1) is 7.11 Å². The lowest BCUT2D eigenvalue weighted by atomic mass is 9.93. The van der Waals surface area contributed by atoms with Crippen LogP contribution in [0.1, 0.15) is 35.6 Å². The summed E-state index contributed by atoms with van der Waals surface area (Å²) in [5.41, 5.74) is 9.57. The highest BCUT2D eigenvalue weighted by Gasteiger charge is 2.17.